The third-order valence-electron chi connectivity index (χ3n) is 3.09. The lowest BCUT2D eigenvalue weighted by molar-refractivity contribution is -0.322. The van der Waals surface area contributed by atoms with Crippen LogP contribution in [0.5, 0.6) is 0 Å². The second-order valence-electron chi connectivity index (χ2n) is 5.02. The molecule has 1 amide bonds. The van der Waals surface area contributed by atoms with Crippen LogP contribution in [0, 0.1) is 0 Å². The summed E-state index contributed by atoms with van der Waals surface area (Å²) in [6.45, 7) is 0.0192. The van der Waals surface area contributed by atoms with Crippen molar-refractivity contribution in [2.45, 2.75) is 30.9 Å². The molecule has 0 aromatic heterocycles. The zero-order valence-electron chi connectivity index (χ0n) is 12.5. The fraction of sp³-hybridized carbons (Fsp3) is 0.400. The minimum absolute atomic E-state index is 0.0192. The number of amides is 1. The Labute approximate surface area is 152 Å². The van der Waals surface area contributed by atoms with Gasteiger partial charge in [-0.15, -0.1) is 0 Å². The van der Waals surface area contributed by atoms with E-state index in [0.717, 1.165) is 0 Å². The van der Waals surface area contributed by atoms with Gasteiger partial charge in [-0.05, 0) is 57.2 Å². The molecule has 0 unspecified atom stereocenters. The number of benzene rings is 1. The number of alkyl halides is 7. The highest BCUT2D eigenvalue weighted by Gasteiger charge is 2.71. The average molecular weight is 483 g/mol. The molecule has 0 saturated heterocycles. The molecule has 10 heteroatoms. The van der Waals surface area contributed by atoms with Gasteiger partial charge in [0.2, 0.25) is 0 Å². The lowest BCUT2D eigenvalue weighted by Crippen LogP contribution is -2.51. The van der Waals surface area contributed by atoms with Crippen LogP contribution < -0.4 is 5.32 Å². The highest BCUT2D eigenvalue weighted by Crippen LogP contribution is 2.48. The molecule has 0 atom stereocenters. The summed E-state index contributed by atoms with van der Waals surface area (Å²) in [4.78, 5) is 11.7. The standard InChI is InChI=1S/C15H13F7INO/c16-13(14(17,18)19,15(20,21)22)9-11(23)7-4-8-24-12(25)10-5-2-1-3-6-10/h1-3,5-6,9H,4,7-8H2,(H,24,25). The summed E-state index contributed by atoms with van der Waals surface area (Å²) in [5.74, 6) is -0.426. The SMILES string of the molecule is O=C(NCCCC(I)=CC(F)(C(F)(F)F)C(F)(F)F)c1ccccc1. The lowest BCUT2D eigenvalue weighted by Gasteiger charge is -2.27. The molecular formula is C15H13F7INO. The first kappa shape index (κ1) is 21.7. The number of halogens is 8. The van der Waals surface area contributed by atoms with Crippen LogP contribution in [0.2, 0.25) is 0 Å². The molecule has 0 spiro atoms. The van der Waals surface area contributed by atoms with E-state index in [4.69, 9.17) is 0 Å². The predicted molar refractivity (Wildman–Crippen MR) is 86.1 cm³/mol. The monoisotopic (exact) mass is 483 g/mol. The predicted octanol–water partition coefficient (Wildman–Crippen LogP) is 5.35. The first-order valence-electron chi connectivity index (χ1n) is 6.91. The Kier molecular flexibility index (Phi) is 7.27. The summed E-state index contributed by atoms with van der Waals surface area (Å²) in [5.41, 5.74) is -5.03. The quantitative estimate of drug-likeness (QED) is 0.330. The summed E-state index contributed by atoms with van der Waals surface area (Å²) in [7, 11) is 0. The normalized spacial score (nSPS) is 13.7. The molecule has 140 valence electrons. The highest BCUT2D eigenvalue weighted by molar-refractivity contribution is 14.1. The van der Waals surface area contributed by atoms with E-state index in [-0.39, 0.29) is 19.4 Å². The topological polar surface area (TPSA) is 29.1 Å². The molecular weight excluding hydrogens is 470 g/mol. The van der Waals surface area contributed by atoms with Gasteiger partial charge in [-0.25, -0.2) is 4.39 Å². The molecule has 0 heterocycles. The van der Waals surface area contributed by atoms with E-state index < -0.39 is 33.6 Å². The van der Waals surface area contributed by atoms with Crippen molar-refractivity contribution >= 4 is 28.5 Å². The van der Waals surface area contributed by atoms with Crippen LogP contribution in [0.15, 0.2) is 40.0 Å². The van der Waals surface area contributed by atoms with Gasteiger partial charge in [-0.1, -0.05) is 18.2 Å². The van der Waals surface area contributed by atoms with E-state index in [2.05, 4.69) is 5.32 Å². The van der Waals surface area contributed by atoms with Crippen molar-refractivity contribution in [1.29, 1.82) is 0 Å². The van der Waals surface area contributed by atoms with Crippen molar-refractivity contribution in [2.24, 2.45) is 0 Å². The molecule has 1 N–H and O–H groups in total. The second kappa shape index (κ2) is 8.37. The Morgan fingerprint density at radius 1 is 1.00 bits per heavy atom. The Hall–Kier alpha value is -1.33. The molecule has 1 aromatic carbocycles. The van der Waals surface area contributed by atoms with Crippen molar-refractivity contribution < 1.29 is 35.5 Å². The molecule has 1 aromatic rings. The van der Waals surface area contributed by atoms with Gasteiger partial charge in [0.05, 0.1) is 0 Å². The van der Waals surface area contributed by atoms with Gasteiger partial charge < -0.3 is 5.32 Å². The van der Waals surface area contributed by atoms with Gasteiger partial charge in [0.15, 0.2) is 0 Å². The zero-order valence-corrected chi connectivity index (χ0v) is 14.7. The number of nitrogens with one attached hydrogen (secondary N) is 1. The summed E-state index contributed by atoms with van der Waals surface area (Å²) in [6, 6.07) is 8.06. The van der Waals surface area contributed by atoms with Gasteiger partial charge >= 0.3 is 18.0 Å². The Balaban J connectivity index is 2.62. The van der Waals surface area contributed by atoms with Gasteiger partial charge in [-0.2, -0.15) is 26.3 Å². The molecule has 0 saturated carbocycles. The Bertz CT molecular complexity index is 597. The van der Waals surface area contributed by atoms with E-state index in [1.807, 2.05) is 0 Å². The van der Waals surface area contributed by atoms with E-state index in [9.17, 15) is 35.5 Å². The number of carbonyl (C=O) groups is 1. The number of hydrogen-bond donors (Lipinski definition) is 1. The summed E-state index contributed by atoms with van der Waals surface area (Å²) in [5, 5.41) is 2.47. The van der Waals surface area contributed by atoms with E-state index >= 15 is 0 Å². The Morgan fingerprint density at radius 3 is 2.00 bits per heavy atom. The van der Waals surface area contributed by atoms with Crippen molar-refractivity contribution in [3.8, 4) is 0 Å². The van der Waals surface area contributed by atoms with Crippen molar-refractivity contribution in [3.05, 3.63) is 45.6 Å². The van der Waals surface area contributed by atoms with Gasteiger partial charge in [0, 0.05) is 12.1 Å². The van der Waals surface area contributed by atoms with Crippen molar-refractivity contribution in [1.82, 2.24) is 5.32 Å². The second-order valence-corrected chi connectivity index (χ2v) is 6.41. The summed E-state index contributed by atoms with van der Waals surface area (Å²) < 4.78 is 87.7. The maximum Gasteiger partial charge on any atom is 0.435 e. The van der Waals surface area contributed by atoms with Crippen LogP contribution in [-0.4, -0.2) is 30.5 Å². The molecule has 0 aliphatic carbocycles. The summed E-state index contributed by atoms with van der Waals surface area (Å²) >= 11 is 1.22. The molecule has 0 fully saturated rings. The lowest BCUT2D eigenvalue weighted by atomic mass is 10.0. The van der Waals surface area contributed by atoms with Gasteiger partial charge in [0.25, 0.3) is 5.91 Å². The largest absolute Gasteiger partial charge is 0.435 e. The van der Waals surface area contributed by atoms with Crippen molar-refractivity contribution in [3.63, 3.8) is 0 Å². The molecule has 0 bridgehead atoms. The van der Waals surface area contributed by atoms with Crippen LogP contribution in [0.1, 0.15) is 23.2 Å². The smallest absolute Gasteiger partial charge is 0.352 e. The van der Waals surface area contributed by atoms with Crippen LogP contribution in [0.3, 0.4) is 0 Å². The zero-order chi connectivity index (χ0) is 19.3. The third-order valence-corrected chi connectivity index (χ3v) is 3.95. The maximum absolute atomic E-state index is 13.5. The molecule has 0 aliphatic rings. The van der Waals surface area contributed by atoms with E-state index in [1.165, 1.54) is 22.6 Å². The minimum atomic E-state index is -6.11. The first-order chi connectivity index (χ1) is 11.4. The molecule has 0 radical (unpaired) electrons. The van der Waals surface area contributed by atoms with Crippen LogP contribution in [0.25, 0.3) is 0 Å². The number of rotatable bonds is 6. The third kappa shape index (κ3) is 5.86. The summed E-state index contributed by atoms with van der Waals surface area (Å²) in [6.07, 6.45) is -12.9. The van der Waals surface area contributed by atoms with Gasteiger partial charge in [-0.3, -0.25) is 4.79 Å². The van der Waals surface area contributed by atoms with E-state index in [1.54, 1.807) is 30.3 Å². The van der Waals surface area contributed by atoms with Crippen LogP contribution in [-0.2, 0) is 0 Å². The molecule has 2 nitrogen and oxygen atoms in total. The van der Waals surface area contributed by atoms with Crippen molar-refractivity contribution in [2.75, 3.05) is 6.54 Å². The number of allylic oxidation sites excluding steroid dienone is 2. The van der Waals surface area contributed by atoms with Crippen LogP contribution >= 0.6 is 22.6 Å². The number of hydrogen-bond acceptors (Lipinski definition) is 1. The minimum Gasteiger partial charge on any atom is -0.352 e. The maximum atomic E-state index is 13.5. The Morgan fingerprint density at radius 2 is 1.52 bits per heavy atom. The highest BCUT2D eigenvalue weighted by atomic mass is 127. The van der Waals surface area contributed by atoms with Crippen LogP contribution in [0.4, 0.5) is 30.7 Å². The van der Waals surface area contributed by atoms with Gasteiger partial charge in [0.1, 0.15) is 0 Å². The molecule has 25 heavy (non-hydrogen) atoms. The molecule has 0 aliphatic heterocycles. The fourth-order valence-corrected chi connectivity index (χ4v) is 2.57. The fourth-order valence-electron chi connectivity index (χ4n) is 1.76. The van der Waals surface area contributed by atoms with E-state index in [0.29, 0.717) is 5.56 Å². The number of carbonyl (C=O) groups excluding carboxylic acids is 1. The molecule has 1 rings (SSSR count). The first-order valence-corrected chi connectivity index (χ1v) is 7.99. The average Bonchev–Trinajstić information content (AvgIpc) is 2.50.